The Balaban J connectivity index is 1.63. The van der Waals surface area contributed by atoms with Crippen molar-refractivity contribution in [2.75, 3.05) is 12.5 Å². The van der Waals surface area contributed by atoms with Crippen LogP contribution < -0.4 is 20.3 Å². The first-order valence-electron chi connectivity index (χ1n) is 8.34. The van der Waals surface area contributed by atoms with Gasteiger partial charge in [-0.3, -0.25) is 0 Å². The molecule has 0 aliphatic carbocycles. The third-order valence-electron chi connectivity index (χ3n) is 3.81. The minimum atomic E-state index is -0.471. The molecule has 138 valence electrons. The van der Waals surface area contributed by atoms with Crippen molar-refractivity contribution in [2.24, 2.45) is 0 Å². The molecule has 3 aromatic carbocycles. The van der Waals surface area contributed by atoms with Gasteiger partial charge in [0, 0.05) is 17.3 Å². The molecule has 27 heavy (non-hydrogen) atoms. The Bertz CT molecular complexity index is 899. The van der Waals surface area contributed by atoms with Crippen LogP contribution in [-0.4, -0.2) is 13.1 Å². The highest BCUT2D eigenvalue weighted by Gasteiger charge is 2.13. The lowest BCUT2D eigenvalue weighted by Gasteiger charge is -2.12. The molecule has 3 aromatic rings. The van der Waals surface area contributed by atoms with Crippen LogP contribution >= 0.6 is 11.6 Å². The van der Waals surface area contributed by atoms with Gasteiger partial charge in [-0.25, -0.2) is 10.2 Å². The average molecular weight is 383 g/mol. The lowest BCUT2D eigenvalue weighted by Crippen LogP contribution is -2.20. The number of methoxy groups -OCH3 is 1. The summed E-state index contributed by atoms with van der Waals surface area (Å²) in [6.07, 6.45) is 0. The molecular formula is C21H19ClN2O3. The maximum Gasteiger partial charge on any atom is 0.343 e. The molecule has 6 heteroatoms. The first-order chi connectivity index (χ1) is 13.2. The quantitative estimate of drug-likeness (QED) is 0.353. The second-order valence-electron chi connectivity index (χ2n) is 5.73. The molecule has 0 fully saturated rings. The summed E-state index contributed by atoms with van der Waals surface area (Å²) in [5, 5.41) is 0.560. The van der Waals surface area contributed by atoms with Gasteiger partial charge in [0.05, 0.1) is 12.7 Å². The molecule has 0 aromatic heterocycles. The number of carbonyl (C=O) groups excluding carboxylic acids is 1. The van der Waals surface area contributed by atoms with Gasteiger partial charge in [0.1, 0.15) is 0 Å². The summed E-state index contributed by atoms with van der Waals surface area (Å²) >= 11 is 5.84. The number of nitrogens with one attached hydrogen (secondary N) is 2. The van der Waals surface area contributed by atoms with Gasteiger partial charge in [0.2, 0.25) is 0 Å². The van der Waals surface area contributed by atoms with E-state index in [0.29, 0.717) is 28.6 Å². The van der Waals surface area contributed by atoms with Crippen molar-refractivity contribution < 1.29 is 14.3 Å². The van der Waals surface area contributed by atoms with E-state index in [-0.39, 0.29) is 0 Å². The van der Waals surface area contributed by atoms with E-state index < -0.39 is 5.97 Å². The fraction of sp³-hybridized carbons (Fsp3) is 0.0952. The van der Waals surface area contributed by atoms with E-state index in [4.69, 9.17) is 21.1 Å². The van der Waals surface area contributed by atoms with Gasteiger partial charge < -0.3 is 14.9 Å². The molecule has 0 aliphatic heterocycles. The number of ether oxygens (including phenoxy) is 2. The van der Waals surface area contributed by atoms with E-state index in [1.54, 1.807) is 30.3 Å². The first kappa shape index (κ1) is 18.8. The van der Waals surface area contributed by atoms with Crippen LogP contribution in [0.4, 0.5) is 5.69 Å². The standard InChI is InChI=1S/C21H19ClN2O3/c1-26-20-13-15(14-23-24-18-5-3-2-4-6-18)7-12-19(20)27-21(25)16-8-10-17(22)11-9-16/h2-13,23-24H,14H2,1H3. The normalized spacial score (nSPS) is 10.3. The summed E-state index contributed by atoms with van der Waals surface area (Å²) in [6, 6.07) is 21.7. The lowest BCUT2D eigenvalue weighted by molar-refractivity contribution is 0.0729. The fourth-order valence-corrected chi connectivity index (χ4v) is 2.55. The van der Waals surface area contributed by atoms with E-state index in [2.05, 4.69) is 10.9 Å². The number of rotatable bonds is 7. The topological polar surface area (TPSA) is 59.6 Å². The molecule has 0 amide bonds. The fourth-order valence-electron chi connectivity index (χ4n) is 2.42. The molecule has 0 bridgehead atoms. The SMILES string of the molecule is COc1cc(CNNc2ccccc2)ccc1OC(=O)c1ccc(Cl)cc1. The van der Waals surface area contributed by atoms with E-state index in [9.17, 15) is 4.79 Å². The number of carbonyl (C=O) groups is 1. The zero-order valence-corrected chi connectivity index (χ0v) is 15.5. The van der Waals surface area contributed by atoms with Crippen molar-refractivity contribution in [3.05, 3.63) is 88.9 Å². The summed E-state index contributed by atoms with van der Waals surface area (Å²) in [5.41, 5.74) is 8.61. The van der Waals surface area contributed by atoms with Crippen LogP contribution in [0.5, 0.6) is 11.5 Å². The van der Waals surface area contributed by atoms with Crippen molar-refractivity contribution in [1.29, 1.82) is 0 Å². The monoisotopic (exact) mass is 382 g/mol. The van der Waals surface area contributed by atoms with Gasteiger partial charge in [-0.05, 0) is 54.1 Å². The predicted molar refractivity (Wildman–Crippen MR) is 106 cm³/mol. The molecule has 0 saturated heterocycles. The zero-order valence-electron chi connectivity index (χ0n) is 14.7. The average Bonchev–Trinajstić information content (AvgIpc) is 2.70. The number of hydrogen-bond donors (Lipinski definition) is 2. The Kier molecular flexibility index (Phi) is 6.30. The van der Waals surface area contributed by atoms with Crippen LogP contribution in [0.2, 0.25) is 5.02 Å². The largest absolute Gasteiger partial charge is 0.493 e. The number of hydrogen-bond acceptors (Lipinski definition) is 5. The minimum absolute atomic E-state index is 0.359. The molecule has 0 aliphatic rings. The highest BCUT2D eigenvalue weighted by Crippen LogP contribution is 2.29. The maximum absolute atomic E-state index is 12.3. The Morgan fingerprint density at radius 3 is 2.41 bits per heavy atom. The van der Waals surface area contributed by atoms with Crippen molar-refractivity contribution in [1.82, 2.24) is 5.43 Å². The summed E-state index contributed by atoms with van der Waals surface area (Å²) in [7, 11) is 1.54. The maximum atomic E-state index is 12.3. The van der Waals surface area contributed by atoms with Gasteiger partial charge >= 0.3 is 5.97 Å². The number of esters is 1. The lowest BCUT2D eigenvalue weighted by atomic mass is 10.2. The van der Waals surface area contributed by atoms with Gasteiger partial charge in [-0.2, -0.15) is 0 Å². The zero-order chi connectivity index (χ0) is 19.1. The Hall–Kier alpha value is -3.02. The second-order valence-corrected chi connectivity index (χ2v) is 6.16. The number of hydrazine groups is 1. The molecule has 0 saturated carbocycles. The van der Waals surface area contributed by atoms with Gasteiger partial charge in [0.25, 0.3) is 0 Å². The summed E-state index contributed by atoms with van der Waals surface area (Å²) in [6.45, 7) is 0.566. The number of para-hydroxylation sites is 1. The van der Waals surface area contributed by atoms with Crippen molar-refractivity contribution in [2.45, 2.75) is 6.54 Å². The van der Waals surface area contributed by atoms with E-state index >= 15 is 0 Å². The highest BCUT2D eigenvalue weighted by atomic mass is 35.5. The summed E-state index contributed by atoms with van der Waals surface area (Å²) in [5.74, 6) is 0.370. The van der Waals surface area contributed by atoms with Crippen LogP contribution in [0.15, 0.2) is 72.8 Å². The Labute approximate surface area is 162 Å². The Morgan fingerprint density at radius 2 is 1.70 bits per heavy atom. The highest BCUT2D eigenvalue weighted by molar-refractivity contribution is 6.30. The van der Waals surface area contributed by atoms with Crippen LogP contribution in [0.25, 0.3) is 0 Å². The third-order valence-corrected chi connectivity index (χ3v) is 4.06. The number of benzene rings is 3. The van der Waals surface area contributed by atoms with Crippen LogP contribution in [-0.2, 0) is 6.54 Å². The van der Waals surface area contributed by atoms with Crippen molar-refractivity contribution in [3.8, 4) is 11.5 Å². The molecule has 0 spiro atoms. The first-order valence-corrected chi connectivity index (χ1v) is 8.72. The van der Waals surface area contributed by atoms with Crippen molar-refractivity contribution in [3.63, 3.8) is 0 Å². The number of halogens is 1. The second kappa shape index (κ2) is 9.07. The molecule has 2 N–H and O–H groups in total. The van der Waals surface area contributed by atoms with Gasteiger partial charge in [-0.1, -0.05) is 35.9 Å². The van der Waals surface area contributed by atoms with Crippen LogP contribution in [0, 0.1) is 0 Å². The summed E-state index contributed by atoms with van der Waals surface area (Å²) < 4.78 is 10.8. The van der Waals surface area contributed by atoms with Gasteiger partial charge in [-0.15, -0.1) is 0 Å². The summed E-state index contributed by atoms with van der Waals surface area (Å²) in [4.78, 5) is 12.3. The molecule has 3 rings (SSSR count). The van der Waals surface area contributed by atoms with Crippen LogP contribution in [0.3, 0.4) is 0 Å². The van der Waals surface area contributed by atoms with Crippen molar-refractivity contribution >= 4 is 23.3 Å². The number of anilines is 1. The third kappa shape index (κ3) is 5.23. The predicted octanol–water partition coefficient (Wildman–Crippen LogP) is 4.68. The van der Waals surface area contributed by atoms with Crippen LogP contribution in [0.1, 0.15) is 15.9 Å². The molecule has 0 heterocycles. The van der Waals surface area contributed by atoms with E-state index in [0.717, 1.165) is 11.3 Å². The van der Waals surface area contributed by atoms with E-state index in [1.165, 1.54) is 7.11 Å². The Morgan fingerprint density at radius 1 is 0.963 bits per heavy atom. The van der Waals surface area contributed by atoms with E-state index in [1.807, 2.05) is 42.5 Å². The molecule has 0 unspecified atom stereocenters. The molecule has 0 atom stereocenters. The molecular weight excluding hydrogens is 364 g/mol. The van der Waals surface area contributed by atoms with Gasteiger partial charge in [0.15, 0.2) is 11.5 Å². The molecule has 0 radical (unpaired) electrons. The smallest absolute Gasteiger partial charge is 0.343 e. The molecule has 5 nitrogen and oxygen atoms in total. The minimum Gasteiger partial charge on any atom is -0.493 e.